The van der Waals surface area contributed by atoms with Crippen LogP contribution in [0.5, 0.6) is 0 Å². The van der Waals surface area contributed by atoms with Crippen molar-refractivity contribution in [2.45, 2.75) is 33.6 Å². The minimum absolute atomic E-state index is 1.09. The number of fused-ring (bicyclic) bond motifs is 4. The molecule has 3 aromatic carbocycles. The van der Waals surface area contributed by atoms with Crippen molar-refractivity contribution in [1.82, 2.24) is 0 Å². The average Bonchev–Trinajstić information content (AvgIpc) is 2.91. The Hall–Kier alpha value is -2.08. The van der Waals surface area contributed by atoms with E-state index in [0.717, 1.165) is 12.8 Å². The quantitative estimate of drug-likeness (QED) is 0.399. The minimum Gasteiger partial charge on any atom is -0.0683 e. The summed E-state index contributed by atoms with van der Waals surface area (Å²) in [6.07, 6.45) is 2.20. The summed E-state index contributed by atoms with van der Waals surface area (Å²) in [5.41, 5.74) is 7.26. The maximum atomic E-state index is 2.38. The lowest BCUT2D eigenvalue weighted by molar-refractivity contribution is 1.12. The number of benzene rings is 3. The fraction of sp³-hybridized carbons (Fsp3) is 0.238. The molecule has 0 radical (unpaired) electrons. The number of aryl methyl sites for hydroxylation is 1. The standard InChI is InChI=1S/C19H16.C2H6/c1-2-13-7-8-18-16(9-13)11-17-10-14-5-3-4-6-15(14)12-19(17)18;1-2/h3-10,12H,2,11H2,1H3;1-2H3. The van der Waals surface area contributed by atoms with E-state index in [4.69, 9.17) is 0 Å². The van der Waals surface area contributed by atoms with Gasteiger partial charge in [0.1, 0.15) is 0 Å². The van der Waals surface area contributed by atoms with E-state index in [1.165, 1.54) is 38.6 Å². The molecule has 1 aliphatic carbocycles. The van der Waals surface area contributed by atoms with Gasteiger partial charge in [-0.15, -0.1) is 0 Å². The Balaban J connectivity index is 0.000000636. The van der Waals surface area contributed by atoms with Crippen LogP contribution in [0, 0.1) is 0 Å². The zero-order valence-electron chi connectivity index (χ0n) is 13.1. The van der Waals surface area contributed by atoms with Gasteiger partial charge in [-0.2, -0.15) is 0 Å². The molecule has 0 N–H and O–H groups in total. The third-order valence-corrected chi connectivity index (χ3v) is 4.22. The Morgan fingerprint density at radius 2 is 1.43 bits per heavy atom. The van der Waals surface area contributed by atoms with Crippen LogP contribution in [-0.2, 0) is 12.8 Å². The van der Waals surface area contributed by atoms with Crippen molar-refractivity contribution in [2.24, 2.45) is 0 Å². The van der Waals surface area contributed by atoms with Crippen LogP contribution in [0.1, 0.15) is 37.5 Å². The molecule has 4 rings (SSSR count). The number of rotatable bonds is 1. The van der Waals surface area contributed by atoms with Gasteiger partial charge >= 0.3 is 0 Å². The maximum absolute atomic E-state index is 2.38. The van der Waals surface area contributed by atoms with Crippen molar-refractivity contribution in [3.63, 3.8) is 0 Å². The van der Waals surface area contributed by atoms with Crippen molar-refractivity contribution in [3.8, 4) is 11.1 Å². The lowest BCUT2D eigenvalue weighted by Crippen LogP contribution is -1.84. The summed E-state index contributed by atoms with van der Waals surface area (Å²) < 4.78 is 0. The number of hydrogen-bond donors (Lipinski definition) is 0. The highest BCUT2D eigenvalue weighted by molar-refractivity contribution is 5.91. The van der Waals surface area contributed by atoms with Crippen LogP contribution in [0.15, 0.2) is 54.6 Å². The first-order valence-corrected chi connectivity index (χ1v) is 7.99. The predicted molar refractivity (Wildman–Crippen MR) is 92.9 cm³/mol. The summed E-state index contributed by atoms with van der Waals surface area (Å²) in [6, 6.07) is 20.3. The molecule has 0 unspecified atom stereocenters. The van der Waals surface area contributed by atoms with Gasteiger partial charge in [0.25, 0.3) is 0 Å². The Morgan fingerprint density at radius 3 is 2.14 bits per heavy atom. The van der Waals surface area contributed by atoms with E-state index in [9.17, 15) is 0 Å². The molecule has 0 saturated carbocycles. The van der Waals surface area contributed by atoms with Gasteiger partial charge in [0.15, 0.2) is 0 Å². The summed E-state index contributed by atoms with van der Waals surface area (Å²) in [7, 11) is 0. The molecule has 0 atom stereocenters. The van der Waals surface area contributed by atoms with Gasteiger partial charge < -0.3 is 0 Å². The van der Waals surface area contributed by atoms with E-state index < -0.39 is 0 Å². The highest BCUT2D eigenvalue weighted by atomic mass is 14.2. The van der Waals surface area contributed by atoms with E-state index >= 15 is 0 Å². The highest BCUT2D eigenvalue weighted by Gasteiger charge is 2.18. The monoisotopic (exact) mass is 274 g/mol. The molecular formula is C21H22. The largest absolute Gasteiger partial charge is 0.0683 e. The first-order chi connectivity index (χ1) is 10.3. The SMILES string of the molecule is CC.CCc1ccc2c(c1)Cc1cc3ccccc3cc1-2. The summed E-state index contributed by atoms with van der Waals surface area (Å²) in [5.74, 6) is 0. The van der Waals surface area contributed by atoms with E-state index in [1.807, 2.05) is 13.8 Å². The fourth-order valence-electron chi connectivity index (χ4n) is 3.17. The second-order valence-electron chi connectivity index (χ2n) is 5.38. The molecule has 0 bridgehead atoms. The smallest absolute Gasteiger partial charge is 0.00131 e. The van der Waals surface area contributed by atoms with Crippen molar-refractivity contribution in [2.75, 3.05) is 0 Å². The van der Waals surface area contributed by atoms with Crippen molar-refractivity contribution < 1.29 is 0 Å². The van der Waals surface area contributed by atoms with E-state index in [1.54, 1.807) is 0 Å². The molecular weight excluding hydrogens is 252 g/mol. The van der Waals surface area contributed by atoms with Gasteiger partial charge in [0, 0.05) is 0 Å². The summed E-state index contributed by atoms with van der Waals surface area (Å²) in [4.78, 5) is 0. The Kier molecular flexibility index (Phi) is 3.79. The number of hydrogen-bond acceptors (Lipinski definition) is 0. The predicted octanol–water partition coefficient (Wildman–Crippen LogP) is 6.00. The van der Waals surface area contributed by atoms with Crippen LogP contribution in [0.25, 0.3) is 21.9 Å². The van der Waals surface area contributed by atoms with Crippen molar-refractivity contribution >= 4 is 10.8 Å². The van der Waals surface area contributed by atoms with Gasteiger partial charge in [-0.3, -0.25) is 0 Å². The zero-order chi connectivity index (χ0) is 14.8. The summed E-state index contributed by atoms with van der Waals surface area (Å²) in [5, 5.41) is 2.69. The van der Waals surface area contributed by atoms with E-state index in [2.05, 4.69) is 61.5 Å². The van der Waals surface area contributed by atoms with E-state index in [0.29, 0.717) is 0 Å². The molecule has 21 heavy (non-hydrogen) atoms. The molecule has 0 fully saturated rings. The molecule has 0 aromatic heterocycles. The van der Waals surface area contributed by atoms with Crippen LogP contribution in [0.4, 0.5) is 0 Å². The van der Waals surface area contributed by atoms with Crippen LogP contribution in [-0.4, -0.2) is 0 Å². The Morgan fingerprint density at radius 1 is 0.762 bits per heavy atom. The Bertz CT molecular complexity index is 781. The van der Waals surface area contributed by atoms with Gasteiger partial charge in [0.2, 0.25) is 0 Å². The van der Waals surface area contributed by atoms with E-state index in [-0.39, 0.29) is 0 Å². The highest BCUT2D eigenvalue weighted by Crippen LogP contribution is 2.39. The van der Waals surface area contributed by atoms with Gasteiger partial charge in [-0.05, 0) is 57.5 Å². The molecule has 0 spiro atoms. The summed E-state index contributed by atoms with van der Waals surface area (Å²) in [6.45, 7) is 6.22. The average molecular weight is 274 g/mol. The molecule has 0 heterocycles. The molecule has 0 heteroatoms. The lowest BCUT2D eigenvalue weighted by atomic mass is 10.00. The normalized spacial score (nSPS) is 11.6. The molecule has 1 aliphatic rings. The topological polar surface area (TPSA) is 0 Å². The van der Waals surface area contributed by atoms with Gasteiger partial charge in [-0.1, -0.05) is 69.3 Å². The first-order valence-electron chi connectivity index (χ1n) is 7.99. The minimum atomic E-state index is 1.09. The van der Waals surface area contributed by atoms with Gasteiger partial charge in [0.05, 0.1) is 0 Å². The Labute approximate surface area is 127 Å². The van der Waals surface area contributed by atoms with Crippen LogP contribution in [0.2, 0.25) is 0 Å². The lowest BCUT2D eigenvalue weighted by Gasteiger charge is -2.05. The third-order valence-electron chi connectivity index (χ3n) is 4.22. The fourth-order valence-corrected chi connectivity index (χ4v) is 3.17. The second-order valence-corrected chi connectivity index (χ2v) is 5.38. The van der Waals surface area contributed by atoms with Crippen LogP contribution in [0.3, 0.4) is 0 Å². The second kappa shape index (κ2) is 5.73. The van der Waals surface area contributed by atoms with Crippen LogP contribution < -0.4 is 0 Å². The molecule has 3 aromatic rings. The van der Waals surface area contributed by atoms with Crippen molar-refractivity contribution in [3.05, 3.63) is 71.3 Å². The third kappa shape index (κ3) is 2.35. The molecule has 0 saturated heterocycles. The first kappa shape index (κ1) is 13.9. The zero-order valence-corrected chi connectivity index (χ0v) is 13.1. The molecule has 0 aliphatic heterocycles. The maximum Gasteiger partial charge on any atom is -0.00131 e. The summed E-state index contributed by atoms with van der Waals surface area (Å²) >= 11 is 0. The molecule has 0 amide bonds. The van der Waals surface area contributed by atoms with Crippen LogP contribution >= 0.6 is 0 Å². The molecule has 0 nitrogen and oxygen atoms in total. The van der Waals surface area contributed by atoms with Gasteiger partial charge in [-0.25, -0.2) is 0 Å². The van der Waals surface area contributed by atoms with Crippen molar-refractivity contribution in [1.29, 1.82) is 0 Å². The molecule has 106 valence electrons.